The molecule has 0 unspecified atom stereocenters. The number of alkyl halides is 3. The van der Waals surface area contributed by atoms with E-state index in [-0.39, 0.29) is 5.69 Å². The zero-order valence-electron chi connectivity index (χ0n) is 13.9. The molecule has 0 saturated heterocycles. The first-order valence-electron chi connectivity index (χ1n) is 7.98. The van der Waals surface area contributed by atoms with Crippen LogP contribution in [0.15, 0.2) is 48.2 Å². The smallest absolute Gasteiger partial charge is 0.351 e. The standard InChI is InChI=1S/C18H14ClF4N3O/c19-14-2-1-7-24-16(14)26-8-5-11(6-9-26)17(27)25-12-3-4-13(15(20)10-12)18(21,22)23/h1-5,7,10H,6,8-9H2,(H,25,27). The number of carbonyl (C=O) groups excluding carboxylic acids is 1. The van der Waals surface area contributed by atoms with Gasteiger partial charge in [0, 0.05) is 30.5 Å². The summed E-state index contributed by atoms with van der Waals surface area (Å²) in [4.78, 5) is 18.4. The summed E-state index contributed by atoms with van der Waals surface area (Å²) in [7, 11) is 0. The Morgan fingerprint density at radius 3 is 2.63 bits per heavy atom. The third-order valence-electron chi connectivity index (χ3n) is 4.07. The van der Waals surface area contributed by atoms with Gasteiger partial charge in [0.05, 0.1) is 10.6 Å². The Kier molecular flexibility index (Phi) is 5.36. The first-order chi connectivity index (χ1) is 12.8. The van der Waals surface area contributed by atoms with Gasteiger partial charge in [0.1, 0.15) is 11.6 Å². The summed E-state index contributed by atoms with van der Waals surface area (Å²) in [6, 6.07) is 5.71. The molecule has 0 atom stereocenters. The maximum atomic E-state index is 13.6. The van der Waals surface area contributed by atoms with Gasteiger partial charge in [-0.3, -0.25) is 4.79 Å². The second kappa shape index (κ2) is 7.56. The van der Waals surface area contributed by atoms with Gasteiger partial charge in [0.2, 0.25) is 0 Å². The Labute approximate surface area is 157 Å². The molecule has 0 aliphatic carbocycles. The Balaban J connectivity index is 1.67. The van der Waals surface area contributed by atoms with Gasteiger partial charge < -0.3 is 10.2 Å². The molecule has 9 heteroatoms. The van der Waals surface area contributed by atoms with Crippen molar-refractivity contribution >= 4 is 29.0 Å². The van der Waals surface area contributed by atoms with Crippen LogP contribution in [-0.2, 0) is 11.0 Å². The summed E-state index contributed by atoms with van der Waals surface area (Å²) in [6.45, 7) is 0.901. The van der Waals surface area contributed by atoms with Crippen molar-refractivity contribution in [2.24, 2.45) is 0 Å². The van der Waals surface area contributed by atoms with Gasteiger partial charge in [-0.05, 0) is 36.8 Å². The van der Waals surface area contributed by atoms with Crippen molar-refractivity contribution in [2.45, 2.75) is 12.6 Å². The van der Waals surface area contributed by atoms with E-state index in [4.69, 9.17) is 11.6 Å². The van der Waals surface area contributed by atoms with Crippen molar-refractivity contribution in [3.05, 3.63) is 64.6 Å². The largest absolute Gasteiger partial charge is 0.419 e. The normalized spacial score (nSPS) is 14.7. The molecule has 4 nitrogen and oxygen atoms in total. The molecule has 0 radical (unpaired) electrons. The summed E-state index contributed by atoms with van der Waals surface area (Å²) in [5.74, 6) is -1.31. The summed E-state index contributed by atoms with van der Waals surface area (Å²) in [6.07, 6.45) is -1.09. The zero-order chi connectivity index (χ0) is 19.6. The number of anilines is 2. The van der Waals surface area contributed by atoms with Crippen molar-refractivity contribution in [1.82, 2.24) is 4.98 Å². The number of hydrogen-bond acceptors (Lipinski definition) is 3. The third-order valence-corrected chi connectivity index (χ3v) is 4.37. The highest BCUT2D eigenvalue weighted by molar-refractivity contribution is 6.32. The van der Waals surface area contributed by atoms with E-state index in [0.717, 1.165) is 6.07 Å². The van der Waals surface area contributed by atoms with Crippen molar-refractivity contribution in [3.8, 4) is 0 Å². The predicted octanol–water partition coefficient (Wildman–Crippen LogP) is 4.67. The summed E-state index contributed by atoms with van der Waals surface area (Å²) < 4.78 is 51.4. The van der Waals surface area contributed by atoms with Crippen LogP contribution in [0.5, 0.6) is 0 Å². The fourth-order valence-corrected chi connectivity index (χ4v) is 2.95. The van der Waals surface area contributed by atoms with Crippen molar-refractivity contribution in [2.75, 3.05) is 23.3 Å². The van der Waals surface area contributed by atoms with Crippen LogP contribution in [0.4, 0.5) is 29.1 Å². The third kappa shape index (κ3) is 4.39. The van der Waals surface area contributed by atoms with E-state index in [2.05, 4.69) is 10.3 Å². The maximum absolute atomic E-state index is 13.6. The van der Waals surface area contributed by atoms with Gasteiger partial charge in [-0.15, -0.1) is 0 Å². The molecule has 1 aliphatic rings. The summed E-state index contributed by atoms with van der Waals surface area (Å²) in [5, 5.41) is 2.92. The number of aromatic nitrogens is 1. The maximum Gasteiger partial charge on any atom is 0.419 e. The van der Waals surface area contributed by atoms with Gasteiger partial charge in [-0.1, -0.05) is 17.7 Å². The van der Waals surface area contributed by atoms with E-state index >= 15 is 0 Å². The Morgan fingerprint density at radius 1 is 1.26 bits per heavy atom. The number of hydrogen-bond donors (Lipinski definition) is 1. The monoisotopic (exact) mass is 399 g/mol. The number of nitrogens with zero attached hydrogens (tertiary/aromatic N) is 2. The van der Waals surface area contributed by atoms with E-state index < -0.39 is 23.5 Å². The minimum Gasteiger partial charge on any atom is -0.351 e. The van der Waals surface area contributed by atoms with Crippen LogP contribution in [0.1, 0.15) is 12.0 Å². The zero-order valence-corrected chi connectivity index (χ0v) is 14.6. The highest BCUT2D eigenvalue weighted by atomic mass is 35.5. The lowest BCUT2D eigenvalue weighted by Crippen LogP contribution is -2.32. The van der Waals surface area contributed by atoms with Crippen molar-refractivity contribution < 1.29 is 22.4 Å². The second-order valence-corrected chi connectivity index (χ2v) is 6.29. The minimum atomic E-state index is -4.78. The molecule has 0 saturated carbocycles. The van der Waals surface area contributed by atoms with Crippen LogP contribution < -0.4 is 10.2 Å². The lowest BCUT2D eigenvalue weighted by atomic mass is 10.1. The molecular weight excluding hydrogens is 386 g/mol. The molecule has 1 aromatic carbocycles. The topological polar surface area (TPSA) is 45.2 Å². The van der Waals surface area contributed by atoms with Gasteiger partial charge >= 0.3 is 6.18 Å². The number of carbonyl (C=O) groups is 1. The number of pyridine rings is 1. The van der Waals surface area contributed by atoms with E-state index in [0.29, 0.717) is 48.1 Å². The van der Waals surface area contributed by atoms with Gasteiger partial charge in [0.25, 0.3) is 5.91 Å². The Bertz CT molecular complexity index is 898. The fraction of sp³-hybridized carbons (Fsp3) is 0.222. The first kappa shape index (κ1) is 19.2. The molecule has 1 N–H and O–H groups in total. The van der Waals surface area contributed by atoms with Crippen LogP contribution in [0, 0.1) is 5.82 Å². The van der Waals surface area contributed by atoms with Crippen LogP contribution >= 0.6 is 11.6 Å². The van der Waals surface area contributed by atoms with E-state index in [1.807, 2.05) is 4.90 Å². The molecule has 27 heavy (non-hydrogen) atoms. The van der Waals surface area contributed by atoms with Crippen molar-refractivity contribution in [1.29, 1.82) is 0 Å². The molecule has 142 valence electrons. The van der Waals surface area contributed by atoms with Crippen molar-refractivity contribution in [3.63, 3.8) is 0 Å². The predicted molar refractivity (Wildman–Crippen MR) is 94.2 cm³/mol. The molecule has 2 aromatic rings. The highest BCUT2D eigenvalue weighted by Crippen LogP contribution is 2.32. The minimum absolute atomic E-state index is 0.0402. The average Bonchev–Trinajstić information content (AvgIpc) is 2.61. The SMILES string of the molecule is O=C(Nc1ccc(C(F)(F)F)c(F)c1)C1=CCN(c2ncccc2Cl)CC1. The molecule has 0 fully saturated rings. The molecule has 0 spiro atoms. The number of benzene rings is 1. The molecule has 1 aliphatic heterocycles. The fourth-order valence-electron chi connectivity index (χ4n) is 2.71. The summed E-state index contributed by atoms with van der Waals surface area (Å²) in [5.41, 5.74) is -0.958. The van der Waals surface area contributed by atoms with Crippen LogP contribution in [0.3, 0.4) is 0 Å². The molecule has 1 amide bonds. The number of rotatable bonds is 3. The lowest BCUT2D eigenvalue weighted by Gasteiger charge is -2.27. The van der Waals surface area contributed by atoms with Crippen LogP contribution in [0.2, 0.25) is 5.02 Å². The molecule has 2 heterocycles. The Hall–Kier alpha value is -2.61. The Morgan fingerprint density at radius 2 is 2.04 bits per heavy atom. The first-order valence-corrected chi connectivity index (χ1v) is 8.36. The molecule has 3 rings (SSSR count). The number of nitrogens with one attached hydrogen (secondary N) is 1. The quantitative estimate of drug-likeness (QED) is 0.763. The van der Waals surface area contributed by atoms with Crippen LogP contribution in [0.25, 0.3) is 0 Å². The average molecular weight is 400 g/mol. The number of halogens is 5. The second-order valence-electron chi connectivity index (χ2n) is 5.88. The van der Waals surface area contributed by atoms with Gasteiger partial charge in [-0.2, -0.15) is 13.2 Å². The highest BCUT2D eigenvalue weighted by Gasteiger charge is 2.34. The van der Waals surface area contributed by atoms with Gasteiger partial charge in [-0.25, -0.2) is 9.37 Å². The molecule has 1 aromatic heterocycles. The van der Waals surface area contributed by atoms with E-state index in [9.17, 15) is 22.4 Å². The van der Waals surface area contributed by atoms with E-state index in [1.54, 1.807) is 24.4 Å². The lowest BCUT2D eigenvalue weighted by molar-refractivity contribution is -0.139. The molecule has 0 bridgehead atoms. The molecular formula is C18H14ClF4N3O. The van der Waals surface area contributed by atoms with Gasteiger partial charge in [0.15, 0.2) is 0 Å². The summed E-state index contributed by atoms with van der Waals surface area (Å²) >= 11 is 6.10. The van der Waals surface area contributed by atoms with E-state index in [1.165, 1.54) is 0 Å². The number of amides is 1. The van der Waals surface area contributed by atoms with Crippen LogP contribution in [-0.4, -0.2) is 24.0 Å².